The van der Waals surface area contributed by atoms with Gasteiger partial charge >= 0.3 is 0 Å². The number of rotatable bonds is 0. The van der Waals surface area contributed by atoms with E-state index in [4.69, 9.17) is 11.6 Å². The Morgan fingerprint density at radius 1 is 1.33 bits per heavy atom. The van der Waals surface area contributed by atoms with Gasteiger partial charge in [-0.2, -0.15) is 0 Å². The number of allylic oxidation sites excluding steroid dienone is 1. The Kier molecular flexibility index (Phi) is 1.70. The Hall–Kier alpha value is -1.15. The highest BCUT2D eigenvalue weighted by Crippen LogP contribution is 2.17. The molecule has 2 rings (SSSR count). The number of ketones is 1. The highest BCUT2D eigenvalue weighted by atomic mass is 35.5. The van der Waals surface area contributed by atoms with E-state index in [-0.39, 0.29) is 5.78 Å². The lowest BCUT2D eigenvalue weighted by Gasteiger charge is -2.07. The van der Waals surface area contributed by atoms with Gasteiger partial charge in [0, 0.05) is 0 Å². The molecule has 3 heteroatoms. The van der Waals surface area contributed by atoms with Crippen LogP contribution >= 0.6 is 11.6 Å². The van der Waals surface area contributed by atoms with Crippen LogP contribution in [0, 0.1) is 0 Å². The fraction of sp³-hybridized carbons (Fsp3) is 0.111. The third-order valence-corrected chi connectivity index (χ3v) is 1.98. The van der Waals surface area contributed by atoms with Gasteiger partial charge in [0.1, 0.15) is 5.15 Å². The van der Waals surface area contributed by atoms with Gasteiger partial charge in [-0.05, 0) is 23.8 Å². The van der Waals surface area contributed by atoms with Crippen LogP contribution in [0.5, 0.6) is 0 Å². The van der Waals surface area contributed by atoms with Crippen LogP contribution in [-0.4, -0.2) is 10.8 Å². The Balaban J connectivity index is 2.54. The normalized spacial score (nSPS) is 14.6. The van der Waals surface area contributed by atoms with E-state index >= 15 is 0 Å². The van der Waals surface area contributed by atoms with Crippen molar-refractivity contribution >= 4 is 23.5 Å². The minimum atomic E-state index is 0.0808. The lowest BCUT2D eigenvalue weighted by Crippen LogP contribution is -2.07. The van der Waals surface area contributed by atoms with Crippen molar-refractivity contribution in [1.29, 1.82) is 0 Å². The first-order chi connectivity index (χ1) is 5.75. The smallest absolute Gasteiger partial charge is 0.161 e. The summed E-state index contributed by atoms with van der Waals surface area (Å²) in [5.41, 5.74) is 1.76. The van der Waals surface area contributed by atoms with Crippen LogP contribution in [0.3, 0.4) is 0 Å². The molecule has 0 atom stereocenters. The molecule has 12 heavy (non-hydrogen) atoms. The predicted molar refractivity (Wildman–Crippen MR) is 47.0 cm³/mol. The molecule has 0 saturated carbocycles. The quantitative estimate of drug-likeness (QED) is 0.570. The number of halogens is 1. The summed E-state index contributed by atoms with van der Waals surface area (Å²) in [6.45, 7) is 0. The molecule has 0 radical (unpaired) electrons. The number of pyridine rings is 1. The molecular formula is C9H6ClNO. The van der Waals surface area contributed by atoms with Gasteiger partial charge in [-0.1, -0.05) is 17.7 Å². The molecule has 1 aromatic rings. The van der Waals surface area contributed by atoms with Gasteiger partial charge < -0.3 is 0 Å². The summed E-state index contributed by atoms with van der Waals surface area (Å²) in [7, 11) is 0. The van der Waals surface area contributed by atoms with Crippen molar-refractivity contribution in [3.8, 4) is 0 Å². The van der Waals surface area contributed by atoms with Crippen molar-refractivity contribution in [2.75, 3.05) is 0 Å². The SMILES string of the molecule is O=C1C=Cc2ccc(Cl)nc2C1. The summed E-state index contributed by atoms with van der Waals surface area (Å²) in [6.07, 6.45) is 3.70. The highest BCUT2D eigenvalue weighted by molar-refractivity contribution is 6.29. The molecule has 0 spiro atoms. The first-order valence-electron chi connectivity index (χ1n) is 3.62. The van der Waals surface area contributed by atoms with Gasteiger partial charge in [0.15, 0.2) is 5.78 Å². The lowest BCUT2D eigenvalue weighted by molar-refractivity contribution is -0.114. The number of hydrogen-bond donors (Lipinski definition) is 0. The molecule has 60 valence electrons. The number of aromatic nitrogens is 1. The van der Waals surface area contributed by atoms with Crippen molar-refractivity contribution in [2.24, 2.45) is 0 Å². The van der Waals surface area contributed by atoms with Gasteiger partial charge in [-0.15, -0.1) is 0 Å². The van der Waals surface area contributed by atoms with E-state index in [1.807, 2.05) is 6.07 Å². The zero-order valence-electron chi connectivity index (χ0n) is 6.25. The topological polar surface area (TPSA) is 30.0 Å². The van der Waals surface area contributed by atoms with E-state index in [1.54, 1.807) is 18.2 Å². The van der Waals surface area contributed by atoms with E-state index in [1.165, 1.54) is 0 Å². The van der Waals surface area contributed by atoms with Crippen molar-refractivity contribution in [3.63, 3.8) is 0 Å². The van der Waals surface area contributed by atoms with Crippen LogP contribution in [-0.2, 0) is 11.2 Å². The van der Waals surface area contributed by atoms with Crippen LogP contribution in [0.1, 0.15) is 11.3 Å². The van der Waals surface area contributed by atoms with Crippen LogP contribution in [0.4, 0.5) is 0 Å². The monoisotopic (exact) mass is 179 g/mol. The predicted octanol–water partition coefficient (Wildman–Crippen LogP) is 1.87. The van der Waals surface area contributed by atoms with Crippen LogP contribution < -0.4 is 0 Å². The number of carbonyl (C=O) groups is 1. The molecule has 0 bridgehead atoms. The fourth-order valence-electron chi connectivity index (χ4n) is 1.19. The average Bonchev–Trinajstić information content (AvgIpc) is 2.03. The largest absolute Gasteiger partial charge is 0.294 e. The minimum Gasteiger partial charge on any atom is -0.294 e. The molecule has 0 N–H and O–H groups in total. The molecule has 1 aliphatic carbocycles. The second kappa shape index (κ2) is 2.72. The molecule has 0 aromatic carbocycles. The first kappa shape index (κ1) is 7.50. The van der Waals surface area contributed by atoms with E-state index in [0.717, 1.165) is 11.3 Å². The van der Waals surface area contributed by atoms with Gasteiger partial charge in [0.25, 0.3) is 0 Å². The van der Waals surface area contributed by atoms with E-state index in [9.17, 15) is 4.79 Å². The van der Waals surface area contributed by atoms with Gasteiger partial charge in [0.2, 0.25) is 0 Å². The maximum Gasteiger partial charge on any atom is 0.161 e. The maximum atomic E-state index is 11.0. The standard InChI is InChI=1S/C9H6ClNO/c10-9-4-2-6-1-3-7(12)5-8(6)11-9/h1-4H,5H2. The first-order valence-corrected chi connectivity index (χ1v) is 4.00. The molecule has 1 aromatic heterocycles. The summed E-state index contributed by atoms with van der Waals surface area (Å²) in [5, 5.41) is 0.442. The average molecular weight is 180 g/mol. The number of fused-ring (bicyclic) bond motifs is 1. The Morgan fingerprint density at radius 3 is 3.00 bits per heavy atom. The van der Waals surface area contributed by atoms with Crippen molar-refractivity contribution in [2.45, 2.75) is 6.42 Å². The third-order valence-electron chi connectivity index (χ3n) is 1.77. The van der Waals surface area contributed by atoms with Gasteiger partial charge in [-0.25, -0.2) is 4.98 Å². The molecule has 1 aliphatic rings. The molecule has 2 nitrogen and oxygen atoms in total. The zero-order valence-corrected chi connectivity index (χ0v) is 7.01. The zero-order chi connectivity index (χ0) is 8.55. The summed E-state index contributed by atoms with van der Waals surface area (Å²) in [4.78, 5) is 15.0. The summed E-state index contributed by atoms with van der Waals surface area (Å²) < 4.78 is 0. The lowest BCUT2D eigenvalue weighted by atomic mass is 10.0. The molecule has 0 amide bonds. The molecular weight excluding hydrogens is 174 g/mol. The van der Waals surface area contributed by atoms with Gasteiger partial charge in [0.05, 0.1) is 12.1 Å². The van der Waals surface area contributed by atoms with E-state index < -0.39 is 0 Å². The van der Waals surface area contributed by atoms with E-state index in [0.29, 0.717) is 11.6 Å². The third kappa shape index (κ3) is 1.25. The number of hydrogen-bond acceptors (Lipinski definition) is 2. The second-order valence-corrected chi connectivity index (χ2v) is 3.03. The van der Waals surface area contributed by atoms with Crippen molar-refractivity contribution < 1.29 is 4.79 Å². The minimum absolute atomic E-state index is 0.0808. The molecule has 0 aliphatic heterocycles. The van der Waals surface area contributed by atoms with Crippen molar-refractivity contribution in [3.05, 3.63) is 34.6 Å². The summed E-state index contributed by atoms with van der Waals surface area (Å²) >= 11 is 5.68. The van der Waals surface area contributed by atoms with Gasteiger partial charge in [-0.3, -0.25) is 4.79 Å². The summed E-state index contributed by atoms with van der Waals surface area (Å²) in [6, 6.07) is 3.59. The van der Waals surface area contributed by atoms with E-state index in [2.05, 4.69) is 4.98 Å². The maximum absolute atomic E-state index is 11.0. The molecule has 1 heterocycles. The number of nitrogens with zero attached hydrogens (tertiary/aromatic N) is 1. The van der Waals surface area contributed by atoms with Crippen molar-refractivity contribution in [1.82, 2.24) is 4.98 Å². The highest BCUT2D eigenvalue weighted by Gasteiger charge is 2.11. The Morgan fingerprint density at radius 2 is 2.17 bits per heavy atom. The molecule has 0 fully saturated rings. The summed E-state index contributed by atoms with van der Waals surface area (Å²) in [5.74, 6) is 0.0808. The Labute approximate surface area is 74.9 Å². The Bertz CT molecular complexity index is 371. The second-order valence-electron chi connectivity index (χ2n) is 2.65. The van der Waals surface area contributed by atoms with Crippen LogP contribution in [0.25, 0.3) is 6.08 Å². The number of carbonyl (C=O) groups excluding carboxylic acids is 1. The van der Waals surface area contributed by atoms with Crippen LogP contribution in [0.15, 0.2) is 18.2 Å². The molecule has 0 saturated heterocycles. The molecule has 0 unspecified atom stereocenters. The fourth-order valence-corrected chi connectivity index (χ4v) is 1.35. The van der Waals surface area contributed by atoms with Crippen LogP contribution in [0.2, 0.25) is 5.15 Å².